The van der Waals surface area contributed by atoms with Gasteiger partial charge >= 0.3 is 0 Å². The van der Waals surface area contributed by atoms with Gasteiger partial charge in [0.2, 0.25) is 0 Å². The van der Waals surface area contributed by atoms with Gasteiger partial charge < -0.3 is 10.1 Å². The van der Waals surface area contributed by atoms with Gasteiger partial charge in [0.05, 0.1) is 11.4 Å². The molecule has 1 N–H and O–H groups in total. The molecule has 0 aliphatic carbocycles. The number of halogens is 1. The summed E-state index contributed by atoms with van der Waals surface area (Å²) in [7, 11) is 1.70. The Morgan fingerprint density at radius 1 is 1.30 bits per heavy atom. The molecule has 4 heteroatoms. The van der Waals surface area contributed by atoms with E-state index >= 15 is 0 Å². The molecule has 1 heterocycles. The van der Waals surface area contributed by atoms with Gasteiger partial charge in [-0.2, -0.15) is 0 Å². The minimum absolute atomic E-state index is 0.291. The average Bonchev–Trinajstić information content (AvgIpc) is 2.88. The third-order valence-corrected chi connectivity index (χ3v) is 4.42. The molecule has 1 atom stereocenters. The van der Waals surface area contributed by atoms with Crippen molar-refractivity contribution in [2.75, 3.05) is 13.7 Å². The quantitative estimate of drug-likeness (QED) is 0.801. The Bertz CT molecular complexity index is 541. The lowest BCUT2D eigenvalue weighted by Crippen LogP contribution is -2.23. The summed E-state index contributed by atoms with van der Waals surface area (Å²) < 4.78 is 6.16. The Hall–Kier alpha value is -1.03. The van der Waals surface area contributed by atoms with E-state index in [0.29, 0.717) is 6.04 Å². The van der Waals surface area contributed by atoms with E-state index in [2.05, 4.69) is 30.4 Å². The molecule has 0 aliphatic rings. The zero-order chi connectivity index (χ0) is 14.4. The molecule has 108 valence electrons. The molecule has 0 amide bonds. The van der Waals surface area contributed by atoms with Crippen molar-refractivity contribution in [2.24, 2.45) is 0 Å². The fraction of sp³-hybridized carbons (Fsp3) is 0.375. The molecule has 0 saturated heterocycles. The number of ether oxygens (including phenoxy) is 1. The molecule has 2 rings (SSSR count). The molecular formula is C16H20ClNOS. The van der Waals surface area contributed by atoms with Crippen molar-refractivity contribution in [3.63, 3.8) is 0 Å². The molecule has 0 saturated carbocycles. The first kappa shape index (κ1) is 15.4. The second-order valence-corrected chi connectivity index (χ2v) is 6.49. The van der Waals surface area contributed by atoms with Gasteiger partial charge in [-0.3, -0.25) is 0 Å². The minimum atomic E-state index is 0.291. The molecule has 1 aromatic carbocycles. The van der Waals surface area contributed by atoms with E-state index in [1.165, 1.54) is 10.4 Å². The van der Waals surface area contributed by atoms with E-state index in [4.69, 9.17) is 16.3 Å². The summed E-state index contributed by atoms with van der Waals surface area (Å²) in [5.74, 6) is 0.898. The molecule has 0 bridgehead atoms. The third-order valence-electron chi connectivity index (χ3n) is 3.17. The van der Waals surface area contributed by atoms with Gasteiger partial charge in [-0.1, -0.05) is 30.7 Å². The highest BCUT2D eigenvalue weighted by atomic mass is 35.5. The molecule has 2 nitrogen and oxygen atoms in total. The van der Waals surface area contributed by atoms with Gasteiger partial charge in [0.15, 0.2) is 0 Å². The maximum absolute atomic E-state index is 6.02. The first-order chi connectivity index (χ1) is 9.72. The zero-order valence-corrected chi connectivity index (χ0v) is 13.4. The van der Waals surface area contributed by atoms with Crippen LogP contribution < -0.4 is 10.1 Å². The minimum Gasteiger partial charge on any atom is -0.497 e. The lowest BCUT2D eigenvalue weighted by atomic mass is 10.0. The maximum atomic E-state index is 6.02. The molecule has 1 aromatic heterocycles. The summed E-state index contributed by atoms with van der Waals surface area (Å²) in [5, 5.41) is 3.60. The van der Waals surface area contributed by atoms with E-state index in [9.17, 15) is 0 Å². The van der Waals surface area contributed by atoms with Crippen molar-refractivity contribution in [2.45, 2.75) is 25.8 Å². The predicted molar refractivity (Wildman–Crippen MR) is 87.1 cm³/mol. The molecule has 0 fully saturated rings. The molecule has 0 aliphatic heterocycles. The lowest BCUT2D eigenvalue weighted by Gasteiger charge is -2.19. The third kappa shape index (κ3) is 4.23. The number of rotatable bonds is 7. The van der Waals surface area contributed by atoms with Crippen LogP contribution >= 0.6 is 22.9 Å². The number of methoxy groups -OCH3 is 1. The number of benzene rings is 1. The Labute approximate surface area is 129 Å². The topological polar surface area (TPSA) is 21.3 Å². The Morgan fingerprint density at radius 2 is 2.15 bits per heavy atom. The largest absolute Gasteiger partial charge is 0.497 e. The normalized spacial score (nSPS) is 12.3. The van der Waals surface area contributed by atoms with Crippen LogP contribution in [0.1, 0.15) is 29.8 Å². The molecule has 20 heavy (non-hydrogen) atoms. The second kappa shape index (κ2) is 7.67. The van der Waals surface area contributed by atoms with Gasteiger partial charge in [-0.25, -0.2) is 0 Å². The van der Waals surface area contributed by atoms with Gasteiger partial charge in [-0.15, -0.1) is 11.3 Å². The molecule has 2 aromatic rings. The summed E-state index contributed by atoms with van der Waals surface area (Å²) in [5.41, 5.74) is 1.25. The van der Waals surface area contributed by atoms with Crippen LogP contribution in [0.3, 0.4) is 0 Å². The van der Waals surface area contributed by atoms with Crippen LogP contribution in [0.15, 0.2) is 36.4 Å². The smallest absolute Gasteiger partial charge is 0.119 e. The van der Waals surface area contributed by atoms with E-state index in [1.807, 2.05) is 18.2 Å². The van der Waals surface area contributed by atoms with Crippen LogP contribution in [-0.2, 0) is 6.42 Å². The number of thiophene rings is 1. The van der Waals surface area contributed by atoms with Crippen molar-refractivity contribution < 1.29 is 4.74 Å². The fourth-order valence-electron chi connectivity index (χ4n) is 2.15. The Kier molecular flexibility index (Phi) is 5.89. The second-order valence-electron chi connectivity index (χ2n) is 4.69. The highest BCUT2D eigenvalue weighted by Crippen LogP contribution is 2.28. The fourth-order valence-corrected chi connectivity index (χ4v) is 3.28. The summed E-state index contributed by atoms with van der Waals surface area (Å²) in [4.78, 5) is 1.30. The summed E-state index contributed by atoms with van der Waals surface area (Å²) >= 11 is 7.67. The Balaban J connectivity index is 2.17. The summed E-state index contributed by atoms with van der Waals surface area (Å²) in [6.07, 6.45) is 2.07. The van der Waals surface area contributed by atoms with Crippen LogP contribution in [-0.4, -0.2) is 13.7 Å². The summed E-state index contributed by atoms with van der Waals surface area (Å²) in [6.45, 7) is 3.18. The van der Waals surface area contributed by atoms with Gasteiger partial charge in [0.25, 0.3) is 0 Å². The number of nitrogens with one attached hydrogen (secondary N) is 1. The van der Waals surface area contributed by atoms with E-state index < -0.39 is 0 Å². The van der Waals surface area contributed by atoms with E-state index in [1.54, 1.807) is 18.4 Å². The van der Waals surface area contributed by atoms with Gasteiger partial charge in [0.1, 0.15) is 5.75 Å². The molecule has 1 unspecified atom stereocenters. The maximum Gasteiger partial charge on any atom is 0.119 e. The first-order valence-electron chi connectivity index (χ1n) is 6.84. The lowest BCUT2D eigenvalue weighted by molar-refractivity contribution is 0.413. The van der Waals surface area contributed by atoms with E-state index in [0.717, 1.165) is 29.5 Å². The van der Waals surface area contributed by atoms with Crippen molar-refractivity contribution in [3.8, 4) is 5.75 Å². The molecule has 0 radical (unpaired) electrons. The summed E-state index contributed by atoms with van der Waals surface area (Å²) in [6, 6.07) is 12.6. The Morgan fingerprint density at radius 3 is 2.80 bits per heavy atom. The van der Waals surface area contributed by atoms with Gasteiger partial charge in [0, 0.05) is 17.3 Å². The van der Waals surface area contributed by atoms with Crippen LogP contribution in [0, 0.1) is 0 Å². The highest BCUT2D eigenvalue weighted by molar-refractivity contribution is 7.16. The van der Waals surface area contributed by atoms with Crippen molar-refractivity contribution >= 4 is 22.9 Å². The van der Waals surface area contributed by atoms with Crippen molar-refractivity contribution in [1.82, 2.24) is 5.32 Å². The van der Waals surface area contributed by atoms with Crippen LogP contribution in [0.25, 0.3) is 0 Å². The van der Waals surface area contributed by atoms with Crippen molar-refractivity contribution in [3.05, 3.63) is 51.2 Å². The predicted octanol–water partition coefficient (Wildman–Crippen LogP) is 4.69. The van der Waals surface area contributed by atoms with Crippen LogP contribution in [0.4, 0.5) is 0 Å². The van der Waals surface area contributed by atoms with Crippen LogP contribution in [0.5, 0.6) is 5.75 Å². The molecular weight excluding hydrogens is 290 g/mol. The van der Waals surface area contributed by atoms with Crippen molar-refractivity contribution in [1.29, 1.82) is 0 Å². The average molecular weight is 310 g/mol. The first-order valence-corrected chi connectivity index (χ1v) is 8.04. The standard InChI is InChI=1S/C16H20ClNOS/c1-3-9-18-15(11-14-7-8-16(17)20-14)12-5-4-6-13(10-12)19-2/h4-8,10,15,18H,3,9,11H2,1-2H3. The SMILES string of the molecule is CCCNC(Cc1ccc(Cl)s1)c1cccc(OC)c1. The van der Waals surface area contributed by atoms with E-state index in [-0.39, 0.29) is 0 Å². The van der Waals surface area contributed by atoms with Crippen LogP contribution in [0.2, 0.25) is 4.34 Å². The molecule has 0 spiro atoms. The van der Waals surface area contributed by atoms with Gasteiger partial charge in [-0.05, 0) is 42.8 Å². The number of hydrogen-bond acceptors (Lipinski definition) is 3. The monoisotopic (exact) mass is 309 g/mol. The highest BCUT2D eigenvalue weighted by Gasteiger charge is 2.13. The number of hydrogen-bond donors (Lipinski definition) is 1. The zero-order valence-electron chi connectivity index (χ0n) is 11.9.